The van der Waals surface area contributed by atoms with Crippen LogP contribution in [-0.2, 0) is 6.42 Å². The molecule has 3 aromatic carbocycles. The standard InChI is InChI=1S/C28H18F17NO2/c29-21(30,22(31,32)23(33,34)24(35,36)25(37,38)26(39,40)27(41,42)28(43,44)45)20(48)18(12-14-6-2-1-3-7-14)46-13-17-16-9-5-4-8-15(16)10-11-19(17)47/h1-11,13,18,20,47-48H,12H2/t18-,20-/m0/s1. The molecule has 0 fully saturated rings. The van der Waals surface area contributed by atoms with Gasteiger partial charge in [-0.15, -0.1) is 0 Å². The monoisotopic (exact) mass is 723 g/mol. The molecule has 3 rings (SSSR count). The fourth-order valence-corrected chi connectivity index (χ4v) is 4.29. The van der Waals surface area contributed by atoms with Crippen molar-refractivity contribution in [2.24, 2.45) is 4.99 Å². The quantitative estimate of drug-likeness (QED) is 0.145. The number of aliphatic imine (C=N–C) groups is 1. The Hall–Kier alpha value is -3.84. The van der Waals surface area contributed by atoms with Gasteiger partial charge >= 0.3 is 47.6 Å². The van der Waals surface area contributed by atoms with Gasteiger partial charge in [0.1, 0.15) is 11.9 Å². The molecule has 2 N–H and O–H groups in total. The van der Waals surface area contributed by atoms with Crippen molar-refractivity contribution in [1.82, 2.24) is 0 Å². The van der Waals surface area contributed by atoms with E-state index in [0.29, 0.717) is 11.6 Å². The number of benzene rings is 3. The predicted molar refractivity (Wildman–Crippen MR) is 134 cm³/mol. The van der Waals surface area contributed by atoms with Crippen molar-refractivity contribution in [1.29, 1.82) is 0 Å². The van der Waals surface area contributed by atoms with Gasteiger partial charge in [0.25, 0.3) is 0 Å². The number of phenols is 1. The number of hydrogen-bond donors (Lipinski definition) is 2. The smallest absolute Gasteiger partial charge is 0.460 e. The molecular formula is C28H18F17NO2. The Balaban J connectivity index is 2.14. The molecule has 0 unspecified atom stereocenters. The summed E-state index contributed by atoms with van der Waals surface area (Å²) in [6.45, 7) is 0. The zero-order chi connectivity index (χ0) is 36.9. The molecule has 0 aromatic heterocycles. The maximum Gasteiger partial charge on any atom is 0.460 e. The van der Waals surface area contributed by atoms with Crippen molar-refractivity contribution in [3.8, 4) is 5.75 Å². The first-order valence-electron chi connectivity index (χ1n) is 12.8. The molecule has 0 aliphatic rings. The Morgan fingerprint density at radius 3 is 1.54 bits per heavy atom. The number of halogens is 17. The topological polar surface area (TPSA) is 52.8 Å². The van der Waals surface area contributed by atoms with Crippen LogP contribution >= 0.6 is 0 Å². The van der Waals surface area contributed by atoms with Crippen molar-refractivity contribution in [2.45, 2.75) is 66.2 Å². The summed E-state index contributed by atoms with van der Waals surface area (Å²) in [4.78, 5) is 3.40. The van der Waals surface area contributed by atoms with Crippen molar-refractivity contribution in [3.05, 3.63) is 77.9 Å². The number of fused-ring (bicyclic) bond motifs is 1. The molecule has 3 nitrogen and oxygen atoms in total. The number of alkyl halides is 17. The second-order valence-electron chi connectivity index (χ2n) is 10.3. The predicted octanol–water partition coefficient (Wildman–Crippen LogP) is 8.95. The van der Waals surface area contributed by atoms with Gasteiger partial charge < -0.3 is 10.2 Å². The molecule has 0 saturated heterocycles. The van der Waals surface area contributed by atoms with Crippen LogP contribution in [0.25, 0.3) is 10.8 Å². The van der Waals surface area contributed by atoms with Gasteiger partial charge in [-0.05, 0) is 28.8 Å². The van der Waals surface area contributed by atoms with Crippen molar-refractivity contribution in [3.63, 3.8) is 0 Å². The van der Waals surface area contributed by atoms with E-state index in [2.05, 4.69) is 4.99 Å². The summed E-state index contributed by atoms with van der Waals surface area (Å²) in [5.41, 5.74) is -0.560. The van der Waals surface area contributed by atoms with Gasteiger partial charge in [0.05, 0.1) is 6.04 Å². The highest BCUT2D eigenvalue weighted by atomic mass is 19.4. The Labute approximate surface area is 257 Å². The minimum atomic E-state index is -8.79. The van der Waals surface area contributed by atoms with Gasteiger partial charge in [-0.1, -0.05) is 60.7 Å². The highest BCUT2D eigenvalue weighted by molar-refractivity contribution is 6.02. The average Bonchev–Trinajstić information content (AvgIpc) is 2.98. The minimum Gasteiger partial charge on any atom is -0.507 e. The van der Waals surface area contributed by atoms with Crippen LogP contribution in [0.15, 0.2) is 71.7 Å². The summed E-state index contributed by atoms with van der Waals surface area (Å²) in [6, 6.07) is 11.0. The van der Waals surface area contributed by atoms with Crippen LogP contribution in [0.4, 0.5) is 74.6 Å². The molecule has 266 valence electrons. The molecule has 48 heavy (non-hydrogen) atoms. The molecule has 2 atom stereocenters. The van der Waals surface area contributed by atoms with E-state index in [9.17, 15) is 76.1 Å². The number of aliphatic hydroxyl groups is 1. The molecule has 0 amide bonds. The summed E-state index contributed by atoms with van der Waals surface area (Å²) in [5.74, 6) is -58.9. The van der Waals surface area contributed by atoms with Gasteiger partial charge in [-0.25, -0.2) is 0 Å². The summed E-state index contributed by atoms with van der Waals surface area (Å²) in [5, 5.41) is 20.9. The normalized spacial score (nSPS) is 16.0. The molecular weight excluding hydrogens is 705 g/mol. The largest absolute Gasteiger partial charge is 0.507 e. The first-order valence-corrected chi connectivity index (χ1v) is 12.8. The molecule has 3 aromatic rings. The van der Waals surface area contributed by atoms with Gasteiger partial charge in [-0.3, -0.25) is 4.99 Å². The molecule has 20 heteroatoms. The average molecular weight is 723 g/mol. The molecule has 0 spiro atoms. The van der Waals surface area contributed by atoms with Gasteiger partial charge in [-0.2, -0.15) is 74.6 Å². The lowest BCUT2D eigenvalue weighted by atomic mass is 9.85. The lowest BCUT2D eigenvalue weighted by Gasteiger charge is -2.43. The van der Waals surface area contributed by atoms with E-state index in [1.165, 1.54) is 48.5 Å². The third-order valence-corrected chi connectivity index (χ3v) is 7.11. The molecule has 0 heterocycles. The lowest BCUT2D eigenvalue weighted by molar-refractivity contribution is -0.464. The van der Waals surface area contributed by atoms with Crippen molar-refractivity contribution in [2.75, 3.05) is 0 Å². The number of aliphatic hydroxyl groups excluding tert-OH is 1. The molecule has 0 saturated carbocycles. The van der Waals surface area contributed by atoms with E-state index in [1.807, 2.05) is 0 Å². The summed E-state index contributed by atoms with van der Waals surface area (Å²) in [6.07, 6.45) is -13.0. The van der Waals surface area contributed by atoms with E-state index >= 15 is 8.78 Å². The Morgan fingerprint density at radius 2 is 1.02 bits per heavy atom. The van der Waals surface area contributed by atoms with Crippen LogP contribution in [0.2, 0.25) is 0 Å². The van der Waals surface area contributed by atoms with Crippen LogP contribution in [0.1, 0.15) is 11.1 Å². The van der Waals surface area contributed by atoms with E-state index in [4.69, 9.17) is 0 Å². The second kappa shape index (κ2) is 12.2. The molecule has 0 radical (unpaired) electrons. The molecule has 0 aliphatic heterocycles. The van der Waals surface area contributed by atoms with E-state index < -0.39 is 72.0 Å². The highest BCUT2D eigenvalue weighted by Gasteiger charge is 2.95. The fraction of sp³-hybridized carbons (Fsp3) is 0.393. The van der Waals surface area contributed by atoms with Crippen LogP contribution in [0, 0.1) is 0 Å². The Bertz CT molecular complexity index is 1620. The fourth-order valence-electron chi connectivity index (χ4n) is 4.29. The zero-order valence-electron chi connectivity index (χ0n) is 23.1. The van der Waals surface area contributed by atoms with Crippen LogP contribution in [0.3, 0.4) is 0 Å². The van der Waals surface area contributed by atoms with Gasteiger partial charge in [0.15, 0.2) is 0 Å². The number of hydrogen-bond acceptors (Lipinski definition) is 3. The Kier molecular flexibility index (Phi) is 9.85. The first kappa shape index (κ1) is 38.6. The molecule has 0 aliphatic carbocycles. The third kappa shape index (κ3) is 5.89. The molecule has 0 bridgehead atoms. The summed E-state index contributed by atoms with van der Waals surface area (Å²) >= 11 is 0. The maximum absolute atomic E-state index is 15.0. The summed E-state index contributed by atoms with van der Waals surface area (Å²) < 4.78 is 235. The van der Waals surface area contributed by atoms with E-state index in [0.717, 1.165) is 18.2 Å². The van der Waals surface area contributed by atoms with Gasteiger partial charge in [0, 0.05) is 11.8 Å². The number of rotatable bonds is 12. The van der Waals surface area contributed by atoms with E-state index in [-0.39, 0.29) is 16.5 Å². The Morgan fingerprint density at radius 1 is 0.562 bits per heavy atom. The third-order valence-electron chi connectivity index (χ3n) is 7.11. The lowest BCUT2D eigenvalue weighted by Crippen LogP contribution is -2.75. The van der Waals surface area contributed by atoms with Gasteiger partial charge in [0.2, 0.25) is 0 Å². The van der Waals surface area contributed by atoms with Crippen LogP contribution < -0.4 is 0 Å². The zero-order valence-corrected chi connectivity index (χ0v) is 23.1. The van der Waals surface area contributed by atoms with Crippen molar-refractivity contribution < 1.29 is 84.9 Å². The first-order chi connectivity index (χ1) is 21.6. The number of aromatic hydroxyl groups is 1. The van der Waals surface area contributed by atoms with E-state index in [1.54, 1.807) is 0 Å². The SMILES string of the molecule is Oc1ccc2ccccc2c1C=N[C@@H](Cc1ccccc1)[C@H](O)C(F)(F)C(F)(F)C(F)(F)C(F)(F)C(F)(F)C(F)(F)C(F)(F)C(F)(F)F. The second-order valence-corrected chi connectivity index (χ2v) is 10.3. The van der Waals surface area contributed by atoms with Crippen molar-refractivity contribution >= 4 is 17.0 Å². The number of nitrogens with zero attached hydrogens (tertiary/aromatic N) is 1. The van der Waals surface area contributed by atoms with Crippen LogP contribution in [0.5, 0.6) is 5.75 Å². The van der Waals surface area contributed by atoms with Crippen LogP contribution in [-0.4, -0.2) is 76.2 Å². The maximum atomic E-state index is 15.0. The highest BCUT2D eigenvalue weighted by Crippen LogP contribution is 2.64. The minimum absolute atomic E-state index is 0.0938. The number of phenolic OH excluding ortho intramolecular Hbond substituents is 1. The summed E-state index contributed by atoms with van der Waals surface area (Å²) in [7, 11) is 0.